The van der Waals surface area contributed by atoms with Gasteiger partial charge in [0, 0.05) is 12.5 Å². The van der Waals surface area contributed by atoms with E-state index in [2.05, 4.69) is 24.5 Å². The van der Waals surface area contributed by atoms with Gasteiger partial charge in [-0.25, -0.2) is 9.79 Å². The standard InChI is InChI=1S/C15H25N5O2/c1-9(2)5-12-15(21)20(7-10(3)4)14(18-12)11-6-16-8-17-13(11)19(20)22/h9-10,12,16-17H,5-8H2,1-4H3/q+2. The van der Waals surface area contributed by atoms with E-state index >= 15 is 0 Å². The molecule has 0 spiro atoms. The number of quaternary nitrogens is 1. The molecule has 0 bridgehead atoms. The number of nitroso groups, excluding NO2 is 1. The van der Waals surface area contributed by atoms with Gasteiger partial charge in [-0.2, -0.15) is 0 Å². The van der Waals surface area contributed by atoms with E-state index in [4.69, 9.17) is 4.99 Å². The van der Waals surface area contributed by atoms with Gasteiger partial charge in [0.05, 0.1) is 0 Å². The third kappa shape index (κ3) is 2.03. The Labute approximate surface area is 130 Å². The predicted molar refractivity (Wildman–Crippen MR) is 82.3 cm³/mol. The van der Waals surface area contributed by atoms with E-state index < -0.39 is 6.04 Å². The molecular formula is C15H25N5O2+2. The maximum absolute atomic E-state index is 13.1. The van der Waals surface area contributed by atoms with Gasteiger partial charge in [-0.3, -0.25) is 10.6 Å². The van der Waals surface area contributed by atoms with Gasteiger partial charge in [-0.15, -0.1) is 0 Å². The molecule has 3 rings (SSSR count). The molecule has 0 aromatic rings. The number of aliphatic imine (C=N–C) groups is 1. The molecule has 22 heavy (non-hydrogen) atoms. The summed E-state index contributed by atoms with van der Waals surface area (Å²) in [5.41, 5.74) is 0.849. The SMILES string of the molecule is CC(C)CC1N=C2C3=C(NCNC3)[N+](=O)[N+]2(CC(C)C)C1=O. The number of amides is 1. The average molecular weight is 307 g/mol. The lowest BCUT2D eigenvalue weighted by Crippen LogP contribution is -2.60. The van der Waals surface area contributed by atoms with Gasteiger partial charge in [0.2, 0.25) is 0 Å². The predicted octanol–water partition coefficient (Wildman–Crippen LogP) is 0.882. The first-order valence-electron chi connectivity index (χ1n) is 8.04. The minimum atomic E-state index is -0.402. The van der Waals surface area contributed by atoms with Crippen LogP contribution in [0.15, 0.2) is 16.4 Å². The summed E-state index contributed by atoms with van der Waals surface area (Å²) in [6.07, 6.45) is 0.692. The molecular weight excluding hydrogens is 282 g/mol. The summed E-state index contributed by atoms with van der Waals surface area (Å²) in [6, 6.07) is -0.402. The zero-order valence-electron chi connectivity index (χ0n) is 13.7. The molecule has 3 aliphatic heterocycles. The Balaban J connectivity index is 2.07. The first-order chi connectivity index (χ1) is 10.4. The number of hydrogen-bond donors (Lipinski definition) is 2. The van der Waals surface area contributed by atoms with Gasteiger partial charge in [0.15, 0.2) is 16.5 Å². The van der Waals surface area contributed by atoms with Crippen molar-refractivity contribution in [1.29, 1.82) is 0 Å². The molecule has 2 unspecified atom stereocenters. The highest BCUT2D eigenvalue weighted by Gasteiger charge is 2.69. The van der Waals surface area contributed by atoms with Crippen molar-refractivity contribution in [2.75, 3.05) is 19.8 Å². The lowest BCUT2D eigenvalue weighted by Gasteiger charge is -2.22. The van der Waals surface area contributed by atoms with E-state index in [0.717, 1.165) is 10.4 Å². The van der Waals surface area contributed by atoms with E-state index in [1.54, 1.807) is 0 Å². The summed E-state index contributed by atoms with van der Waals surface area (Å²) in [7, 11) is 0. The molecule has 0 aromatic carbocycles. The lowest BCUT2D eigenvalue weighted by molar-refractivity contribution is -1.22. The minimum absolute atomic E-state index is 0.0800. The molecule has 0 fully saturated rings. The highest BCUT2D eigenvalue weighted by molar-refractivity contribution is 6.05. The summed E-state index contributed by atoms with van der Waals surface area (Å²) >= 11 is 0. The summed E-state index contributed by atoms with van der Waals surface area (Å²) in [5.74, 6) is 1.67. The largest absolute Gasteiger partial charge is 0.389 e. The second kappa shape index (κ2) is 5.24. The lowest BCUT2D eigenvalue weighted by atomic mass is 10.0. The Morgan fingerprint density at radius 2 is 2.05 bits per heavy atom. The molecule has 0 radical (unpaired) electrons. The Bertz CT molecular complexity index is 593. The van der Waals surface area contributed by atoms with Crippen LogP contribution < -0.4 is 10.6 Å². The maximum Gasteiger partial charge on any atom is 0.389 e. The van der Waals surface area contributed by atoms with Crippen molar-refractivity contribution in [3.8, 4) is 0 Å². The Kier molecular flexibility index (Phi) is 3.65. The Morgan fingerprint density at radius 1 is 1.32 bits per heavy atom. The van der Waals surface area contributed by atoms with Crippen LogP contribution in [0.3, 0.4) is 0 Å². The van der Waals surface area contributed by atoms with E-state index in [1.807, 2.05) is 13.8 Å². The molecule has 120 valence electrons. The molecule has 1 amide bonds. The van der Waals surface area contributed by atoms with Gasteiger partial charge >= 0.3 is 11.7 Å². The number of rotatable bonds is 4. The first kappa shape index (κ1) is 15.3. The minimum Gasteiger partial charge on any atom is -0.277 e. The van der Waals surface area contributed by atoms with Crippen LogP contribution in [0.25, 0.3) is 0 Å². The van der Waals surface area contributed by atoms with E-state index in [1.165, 1.54) is 0 Å². The van der Waals surface area contributed by atoms with Crippen molar-refractivity contribution >= 4 is 11.7 Å². The van der Waals surface area contributed by atoms with Gasteiger partial charge in [-0.05, 0) is 21.8 Å². The molecule has 0 saturated carbocycles. The zero-order chi connectivity index (χ0) is 16.1. The topological polar surface area (TPSA) is 73.6 Å². The van der Waals surface area contributed by atoms with Crippen LogP contribution in [0.5, 0.6) is 0 Å². The summed E-state index contributed by atoms with van der Waals surface area (Å²) < 4.78 is -0.283. The molecule has 0 aliphatic carbocycles. The van der Waals surface area contributed by atoms with E-state index in [-0.39, 0.29) is 16.4 Å². The van der Waals surface area contributed by atoms with Crippen LogP contribution in [0, 0.1) is 16.7 Å². The average Bonchev–Trinajstić information content (AvgIpc) is 2.83. The van der Waals surface area contributed by atoms with Crippen LogP contribution >= 0.6 is 0 Å². The van der Waals surface area contributed by atoms with Crippen molar-refractivity contribution in [2.45, 2.75) is 40.2 Å². The molecule has 0 aromatic heterocycles. The van der Waals surface area contributed by atoms with Crippen LogP contribution in [-0.4, -0.2) is 47.0 Å². The van der Waals surface area contributed by atoms with Crippen molar-refractivity contribution < 1.29 is 14.3 Å². The van der Waals surface area contributed by atoms with E-state index in [0.29, 0.717) is 43.8 Å². The number of carbonyl (C=O) groups is 1. The third-order valence-corrected chi connectivity index (χ3v) is 4.34. The van der Waals surface area contributed by atoms with Gasteiger partial charge in [0.1, 0.15) is 13.2 Å². The number of nitrogens with zero attached hydrogens (tertiary/aromatic N) is 3. The molecule has 2 N–H and O–H groups in total. The quantitative estimate of drug-likeness (QED) is 0.597. The molecule has 2 atom stereocenters. The summed E-state index contributed by atoms with van der Waals surface area (Å²) in [6.45, 7) is 9.80. The highest BCUT2D eigenvalue weighted by atomic mass is 16.4. The van der Waals surface area contributed by atoms with Gasteiger partial charge < -0.3 is 0 Å². The number of hydrogen-bond acceptors (Lipinski definition) is 5. The smallest absolute Gasteiger partial charge is 0.277 e. The van der Waals surface area contributed by atoms with Crippen molar-refractivity contribution in [1.82, 2.24) is 10.6 Å². The summed E-state index contributed by atoms with van der Waals surface area (Å²) in [4.78, 5) is 31.6. The number of amidine groups is 1. The molecule has 3 heterocycles. The second-order valence-corrected chi connectivity index (χ2v) is 7.16. The zero-order valence-corrected chi connectivity index (χ0v) is 13.7. The number of fused-ring (bicyclic) bond motifs is 2. The fraction of sp³-hybridized carbons (Fsp3) is 0.733. The molecule has 7 heteroatoms. The second-order valence-electron chi connectivity index (χ2n) is 7.16. The van der Waals surface area contributed by atoms with Crippen LogP contribution in [-0.2, 0) is 4.79 Å². The number of nitrogens with one attached hydrogen (secondary N) is 2. The van der Waals surface area contributed by atoms with Gasteiger partial charge in [0.25, 0.3) is 5.84 Å². The normalized spacial score (nSPS) is 30.8. The van der Waals surface area contributed by atoms with Crippen molar-refractivity contribution in [3.63, 3.8) is 0 Å². The van der Waals surface area contributed by atoms with Gasteiger partial charge in [-0.1, -0.05) is 27.7 Å². The van der Waals surface area contributed by atoms with Crippen LogP contribution in [0.4, 0.5) is 0 Å². The maximum atomic E-state index is 13.1. The van der Waals surface area contributed by atoms with Crippen LogP contribution in [0.1, 0.15) is 34.1 Å². The molecule has 0 saturated heterocycles. The van der Waals surface area contributed by atoms with Crippen molar-refractivity contribution in [3.05, 3.63) is 16.3 Å². The summed E-state index contributed by atoms with van der Waals surface area (Å²) in [5, 5.41) is 6.26. The highest BCUT2D eigenvalue weighted by Crippen LogP contribution is 2.37. The van der Waals surface area contributed by atoms with Crippen LogP contribution in [0.2, 0.25) is 0 Å². The third-order valence-electron chi connectivity index (χ3n) is 4.34. The van der Waals surface area contributed by atoms with E-state index in [9.17, 15) is 9.70 Å². The molecule has 3 aliphatic rings. The first-order valence-corrected chi connectivity index (χ1v) is 8.04. The fourth-order valence-corrected chi connectivity index (χ4v) is 3.57. The number of carbonyl (C=O) groups excluding carboxylic acids is 1. The fourth-order valence-electron chi connectivity index (χ4n) is 3.57. The monoisotopic (exact) mass is 307 g/mol. The Hall–Kier alpha value is -1.60. The van der Waals surface area contributed by atoms with Crippen molar-refractivity contribution in [2.24, 2.45) is 16.8 Å². The molecule has 7 nitrogen and oxygen atoms in total. The Morgan fingerprint density at radius 3 is 2.68 bits per heavy atom.